The molecule has 0 heterocycles. The molecule has 0 fully saturated rings. The zero-order chi connectivity index (χ0) is 23.4. The average Bonchev–Trinajstić information content (AvgIpc) is 2.54. The summed E-state index contributed by atoms with van der Waals surface area (Å²) in [5.74, 6) is 0. The lowest BCUT2D eigenvalue weighted by atomic mass is 10.0. The van der Waals surface area contributed by atoms with Crippen molar-refractivity contribution < 1.29 is 26.6 Å². The van der Waals surface area contributed by atoms with E-state index in [2.05, 4.69) is 39.2 Å². The molecule has 0 aliphatic heterocycles. The summed E-state index contributed by atoms with van der Waals surface area (Å²) in [4.78, 5) is 12.5. The molecular formula is C21H37NO6SSi. The van der Waals surface area contributed by atoms with E-state index in [9.17, 15) is 13.2 Å². The van der Waals surface area contributed by atoms with Gasteiger partial charge in [0.2, 0.25) is 0 Å². The van der Waals surface area contributed by atoms with E-state index in [0.717, 1.165) is 6.26 Å². The third kappa shape index (κ3) is 9.16. The first kappa shape index (κ1) is 26.6. The first-order chi connectivity index (χ1) is 13.4. The standard InChI is InChI=1S/C21H37NO6SSi/c1-20(2,3)27-19(23)22-18(16-13-11-10-12-14-16)17(28-29(7,24)25)15-26-30(8,9)21(4,5)6/h10-14,17-18H,15H2,1-9H3,(H,22,23)/t17-,18+/m0/s1. The topological polar surface area (TPSA) is 90.9 Å². The SMILES string of the molecule is CC(C)(C)OC(=O)N[C@H](c1ccccc1)[C@H](CO[Si](C)(C)C(C)(C)C)OS(C)(=O)=O. The Labute approximate surface area is 182 Å². The first-order valence-corrected chi connectivity index (χ1v) is 14.7. The monoisotopic (exact) mass is 459 g/mol. The van der Waals surface area contributed by atoms with Crippen molar-refractivity contribution in [2.45, 2.75) is 77.4 Å². The molecule has 1 aromatic rings. The maximum absolute atomic E-state index is 12.5. The molecule has 1 rings (SSSR count). The van der Waals surface area contributed by atoms with Gasteiger partial charge in [-0.2, -0.15) is 8.42 Å². The fraction of sp³-hybridized carbons (Fsp3) is 0.667. The van der Waals surface area contributed by atoms with Crippen molar-refractivity contribution >= 4 is 24.5 Å². The summed E-state index contributed by atoms with van der Waals surface area (Å²) < 4.78 is 41.0. The highest BCUT2D eigenvalue weighted by molar-refractivity contribution is 7.86. The number of nitrogens with one attached hydrogen (secondary N) is 1. The zero-order valence-electron chi connectivity index (χ0n) is 19.6. The van der Waals surface area contributed by atoms with E-state index >= 15 is 0 Å². The number of ether oxygens (including phenoxy) is 1. The van der Waals surface area contributed by atoms with Gasteiger partial charge < -0.3 is 14.5 Å². The summed E-state index contributed by atoms with van der Waals surface area (Å²) in [6, 6.07) is 8.28. The number of rotatable bonds is 8. The van der Waals surface area contributed by atoms with E-state index < -0.39 is 42.3 Å². The van der Waals surface area contributed by atoms with E-state index in [4.69, 9.17) is 13.3 Å². The minimum Gasteiger partial charge on any atom is -0.444 e. The predicted molar refractivity (Wildman–Crippen MR) is 121 cm³/mol. The summed E-state index contributed by atoms with van der Waals surface area (Å²) in [6.45, 7) is 15.7. The lowest BCUT2D eigenvalue weighted by Crippen LogP contribution is -2.47. The molecule has 9 heteroatoms. The van der Waals surface area contributed by atoms with Crippen LogP contribution in [0.1, 0.15) is 53.1 Å². The normalized spacial score (nSPS) is 15.4. The number of hydrogen-bond donors (Lipinski definition) is 1. The maximum atomic E-state index is 12.5. The van der Waals surface area contributed by atoms with Crippen molar-refractivity contribution in [2.24, 2.45) is 0 Å². The summed E-state index contributed by atoms with van der Waals surface area (Å²) in [6.07, 6.45) is -0.628. The van der Waals surface area contributed by atoms with Crippen LogP contribution in [0.25, 0.3) is 0 Å². The quantitative estimate of drug-likeness (QED) is 0.451. The molecule has 0 spiro atoms. The van der Waals surface area contributed by atoms with Gasteiger partial charge in [0.1, 0.15) is 11.7 Å². The van der Waals surface area contributed by atoms with E-state index in [0.29, 0.717) is 5.56 Å². The van der Waals surface area contributed by atoms with Gasteiger partial charge in [-0.25, -0.2) is 4.79 Å². The summed E-state index contributed by atoms with van der Waals surface area (Å²) in [7, 11) is -5.99. The minimum absolute atomic E-state index is 0.0128. The number of amides is 1. The van der Waals surface area contributed by atoms with Crippen molar-refractivity contribution in [3.8, 4) is 0 Å². The molecule has 1 amide bonds. The summed E-state index contributed by atoms with van der Waals surface area (Å²) in [5, 5.41) is 2.71. The van der Waals surface area contributed by atoms with E-state index in [1.165, 1.54) is 0 Å². The highest BCUT2D eigenvalue weighted by atomic mass is 32.2. The molecule has 0 aliphatic rings. The van der Waals surface area contributed by atoms with Crippen LogP contribution in [0, 0.1) is 0 Å². The Bertz CT molecular complexity index is 797. The van der Waals surface area contributed by atoms with Gasteiger partial charge in [-0.15, -0.1) is 0 Å². The van der Waals surface area contributed by atoms with Gasteiger partial charge in [-0.3, -0.25) is 4.18 Å². The molecule has 0 radical (unpaired) electrons. The molecule has 1 N–H and O–H groups in total. The molecule has 0 aromatic heterocycles. The lowest BCUT2D eigenvalue weighted by Gasteiger charge is -2.38. The van der Waals surface area contributed by atoms with Crippen molar-refractivity contribution in [2.75, 3.05) is 12.9 Å². The minimum atomic E-state index is -3.81. The molecule has 0 saturated carbocycles. The van der Waals surface area contributed by atoms with Crippen LogP contribution in [0.5, 0.6) is 0 Å². The highest BCUT2D eigenvalue weighted by Crippen LogP contribution is 2.37. The van der Waals surface area contributed by atoms with Crippen LogP contribution in [0.4, 0.5) is 4.79 Å². The molecular weight excluding hydrogens is 422 g/mol. The Morgan fingerprint density at radius 2 is 1.60 bits per heavy atom. The van der Waals surface area contributed by atoms with E-state index in [-0.39, 0.29) is 11.6 Å². The highest BCUT2D eigenvalue weighted by Gasteiger charge is 2.39. The molecule has 30 heavy (non-hydrogen) atoms. The predicted octanol–water partition coefficient (Wildman–Crippen LogP) is 4.62. The molecule has 1 aromatic carbocycles. The Morgan fingerprint density at radius 1 is 1.07 bits per heavy atom. The number of carbonyl (C=O) groups is 1. The second-order valence-electron chi connectivity index (χ2n) is 9.94. The van der Waals surface area contributed by atoms with Gasteiger partial charge in [-0.1, -0.05) is 51.1 Å². The summed E-state index contributed by atoms with van der Waals surface area (Å²) in [5.41, 5.74) is -0.00767. The number of hydrogen-bond acceptors (Lipinski definition) is 6. The van der Waals surface area contributed by atoms with Crippen molar-refractivity contribution in [3.05, 3.63) is 35.9 Å². The lowest BCUT2D eigenvalue weighted by molar-refractivity contribution is 0.0395. The molecule has 0 unspecified atom stereocenters. The van der Waals surface area contributed by atoms with Crippen LogP contribution in [-0.2, 0) is 23.5 Å². The molecule has 7 nitrogen and oxygen atoms in total. The third-order valence-electron chi connectivity index (χ3n) is 4.92. The van der Waals surface area contributed by atoms with Crippen LogP contribution in [0.15, 0.2) is 30.3 Å². The smallest absolute Gasteiger partial charge is 0.408 e. The van der Waals surface area contributed by atoms with Gasteiger partial charge in [0.15, 0.2) is 8.32 Å². The van der Waals surface area contributed by atoms with Gasteiger partial charge >= 0.3 is 6.09 Å². The van der Waals surface area contributed by atoms with Crippen molar-refractivity contribution in [1.82, 2.24) is 5.32 Å². The van der Waals surface area contributed by atoms with E-state index in [1.54, 1.807) is 32.9 Å². The molecule has 172 valence electrons. The van der Waals surface area contributed by atoms with Gasteiger partial charge in [0.05, 0.1) is 18.9 Å². The second-order valence-corrected chi connectivity index (χ2v) is 16.4. The molecule has 0 bridgehead atoms. The fourth-order valence-corrected chi connectivity index (χ4v) is 4.03. The van der Waals surface area contributed by atoms with E-state index in [1.807, 2.05) is 18.2 Å². The Kier molecular flexibility index (Phi) is 8.70. The largest absolute Gasteiger partial charge is 0.444 e. The Balaban J connectivity index is 3.26. The molecule has 2 atom stereocenters. The first-order valence-electron chi connectivity index (χ1n) is 9.98. The summed E-state index contributed by atoms with van der Waals surface area (Å²) >= 11 is 0. The van der Waals surface area contributed by atoms with Crippen molar-refractivity contribution in [1.29, 1.82) is 0 Å². The molecule has 0 aliphatic carbocycles. The van der Waals surface area contributed by atoms with Crippen molar-refractivity contribution in [3.63, 3.8) is 0 Å². The Hall–Kier alpha value is -1.42. The second kappa shape index (κ2) is 9.80. The van der Waals surface area contributed by atoms with Crippen LogP contribution < -0.4 is 5.32 Å². The number of alkyl carbamates (subject to hydrolysis) is 1. The Morgan fingerprint density at radius 3 is 2.03 bits per heavy atom. The van der Waals surface area contributed by atoms with Gasteiger partial charge in [-0.05, 0) is 44.5 Å². The fourth-order valence-electron chi connectivity index (χ4n) is 2.40. The van der Waals surface area contributed by atoms with Crippen LogP contribution >= 0.6 is 0 Å². The van der Waals surface area contributed by atoms with Crippen LogP contribution in [-0.4, -0.2) is 47.4 Å². The van der Waals surface area contributed by atoms with Gasteiger partial charge in [0, 0.05) is 0 Å². The van der Waals surface area contributed by atoms with Crippen LogP contribution in [0.3, 0.4) is 0 Å². The van der Waals surface area contributed by atoms with Gasteiger partial charge in [0.25, 0.3) is 10.1 Å². The maximum Gasteiger partial charge on any atom is 0.408 e. The average molecular weight is 460 g/mol. The zero-order valence-corrected chi connectivity index (χ0v) is 21.4. The third-order valence-corrected chi connectivity index (χ3v) is 10.0. The molecule has 0 saturated heterocycles. The number of carbonyl (C=O) groups excluding carboxylic acids is 1. The number of benzene rings is 1. The van der Waals surface area contributed by atoms with Crippen LogP contribution in [0.2, 0.25) is 18.1 Å².